The summed E-state index contributed by atoms with van der Waals surface area (Å²) in [6, 6.07) is 0. The molecule has 0 amide bonds. The minimum Gasteiger partial charge on any atom is -0.369 e. The van der Waals surface area contributed by atoms with Gasteiger partial charge in [-0.25, -0.2) is 9.97 Å². The van der Waals surface area contributed by atoms with E-state index in [2.05, 4.69) is 35.6 Å². The number of hydrogen-bond acceptors (Lipinski definition) is 4. The van der Waals surface area contributed by atoms with Crippen LogP contribution >= 0.6 is 0 Å². The van der Waals surface area contributed by atoms with Crippen molar-refractivity contribution in [3.8, 4) is 0 Å². The van der Waals surface area contributed by atoms with Gasteiger partial charge in [0.25, 0.3) is 0 Å². The first-order valence-electron chi connectivity index (χ1n) is 7.46. The number of nitrogens with zero attached hydrogens (tertiary/aromatic N) is 3. The summed E-state index contributed by atoms with van der Waals surface area (Å²) in [6.07, 6.45) is 6.07. The Kier molecular flexibility index (Phi) is 4.75. The predicted octanol–water partition coefficient (Wildman–Crippen LogP) is 2.69. The Labute approximate surface area is 116 Å². The molecule has 0 unspecified atom stereocenters. The zero-order chi connectivity index (χ0) is 13.8. The summed E-state index contributed by atoms with van der Waals surface area (Å²) < 4.78 is 0. The van der Waals surface area contributed by atoms with Crippen LogP contribution in [-0.4, -0.2) is 23.1 Å². The summed E-state index contributed by atoms with van der Waals surface area (Å²) in [5.74, 6) is 2.08. The lowest BCUT2D eigenvalue weighted by Crippen LogP contribution is -2.33. The van der Waals surface area contributed by atoms with Gasteiger partial charge < -0.3 is 10.6 Å². The van der Waals surface area contributed by atoms with Crippen LogP contribution in [0.25, 0.3) is 0 Å². The van der Waals surface area contributed by atoms with E-state index in [-0.39, 0.29) is 0 Å². The zero-order valence-electron chi connectivity index (χ0n) is 12.4. The number of hydrogen-bond donors (Lipinski definition) is 1. The fraction of sp³-hybridized carbons (Fsp3) is 0.733. The first kappa shape index (κ1) is 14.3. The first-order chi connectivity index (χ1) is 9.15. The molecule has 4 nitrogen and oxygen atoms in total. The summed E-state index contributed by atoms with van der Waals surface area (Å²) in [5.41, 5.74) is 7.98. The maximum atomic E-state index is 5.87. The van der Waals surface area contributed by atoms with Crippen molar-refractivity contribution in [2.45, 2.75) is 52.5 Å². The third-order valence-corrected chi connectivity index (χ3v) is 4.00. The highest BCUT2D eigenvalue weighted by molar-refractivity contribution is 5.49. The van der Waals surface area contributed by atoms with Crippen LogP contribution in [0.2, 0.25) is 0 Å². The van der Waals surface area contributed by atoms with E-state index in [0.29, 0.717) is 12.5 Å². The minimum atomic E-state index is 0.348. The normalized spacial score (nSPS) is 15.6. The molecule has 1 aliphatic rings. The smallest absolute Gasteiger partial charge is 0.131 e. The van der Waals surface area contributed by atoms with Gasteiger partial charge in [-0.05, 0) is 25.7 Å². The van der Waals surface area contributed by atoms with Crippen LogP contribution in [0.3, 0.4) is 0 Å². The van der Waals surface area contributed by atoms with Gasteiger partial charge in [0.05, 0.1) is 17.6 Å². The van der Waals surface area contributed by atoms with E-state index in [9.17, 15) is 0 Å². The average Bonchev–Trinajstić information content (AvgIpc) is 2.37. The van der Waals surface area contributed by atoms with E-state index in [4.69, 9.17) is 5.73 Å². The molecule has 2 rings (SSSR count). The van der Waals surface area contributed by atoms with Crippen molar-refractivity contribution in [1.29, 1.82) is 0 Å². The largest absolute Gasteiger partial charge is 0.369 e. The molecular weight excluding hydrogens is 236 g/mol. The fourth-order valence-electron chi connectivity index (χ4n) is 2.50. The van der Waals surface area contributed by atoms with Gasteiger partial charge in [-0.3, -0.25) is 0 Å². The summed E-state index contributed by atoms with van der Waals surface area (Å²) in [4.78, 5) is 11.5. The summed E-state index contributed by atoms with van der Waals surface area (Å²) in [7, 11) is 0. The van der Waals surface area contributed by atoms with Crippen molar-refractivity contribution in [3.63, 3.8) is 0 Å². The number of rotatable bonds is 6. The molecule has 0 bridgehead atoms. The third kappa shape index (κ3) is 3.24. The standard InChI is InChI=1S/C15H26N4/c1-4-19(10-12-6-5-7-12)14-9-17-15(11(2)3)18-13(14)8-16/h9,11-12H,4-8,10,16H2,1-3H3. The molecule has 0 aromatic carbocycles. The van der Waals surface area contributed by atoms with E-state index in [1.54, 1.807) is 0 Å². The number of anilines is 1. The summed E-state index contributed by atoms with van der Waals surface area (Å²) >= 11 is 0. The molecular formula is C15H26N4. The monoisotopic (exact) mass is 262 g/mol. The Bertz CT molecular complexity index is 413. The van der Waals surface area contributed by atoms with Crippen molar-refractivity contribution in [2.24, 2.45) is 11.7 Å². The van der Waals surface area contributed by atoms with Crippen LogP contribution in [0.1, 0.15) is 57.5 Å². The SMILES string of the molecule is CCN(CC1CCC1)c1cnc(C(C)C)nc1CN. The van der Waals surface area contributed by atoms with Crippen LogP contribution in [0.15, 0.2) is 6.20 Å². The molecule has 4 heteroatoms. The Balaban J connectivity index is 2.20. The Morgan fingerprint density at radius 1 is 1.42 bits per heavy atom. The van der Waals surface area contributed by atoms with Crippen molar-refractivity contribution in [1.82, 2.24) is 9.97 Å². The fourth-order valence-corrected chi connectivity index (χ4v) is 2.50. The molecule has 19 heavy (non-hydrogen) atoms. The van der Waals surface area contributed by atoms with Crippen LogP contribution in [0.4, 0.5) is 5.69 Å². The van der Waals surface area contributed by atoms with Crippen LogP contribution in [-0.2, 0) is 6.54 Å². The van der Waals surface area contributed by atoms with Gasteiger partial charge in [-0.2, -0.15) is 0 Å². The van der Waals surface area contributed by atoms with E-state index in [0.717, 1.165) is 36.2 Å². The Hall–Kier alpha value is -1.16. The lowest BCUT2D eigenvalue weighted by atomic mass is 9.85. The van der Waals surface area contributed by atoms with Crippen LogP contribution < -0.4 is 10.6 Å². The van der Waals surface area contributed by atoms with Crippen molar-refractivity contribution >= 4 is 5.69 Å². The third-order valence-electron chi connectivity index (χ3n) is 4.00. The second kappa shape index (κ2) is 6.33. The van der Waals surface area contributed by atoms with E-state index in [1.807, 2.05) is 6.20 Å². The average molecular weight is 262 g/mol. The summed E-state index contributed by atoms with van der Waals surface area (Å²) in [5, 5.41) is 0. The summed E-state index contributed by atoms with van der Waals surface area (Å²) in [6.45, 7) is 9.01. The van der Waals surface area contributed by atoms with Gasteiger partial charge >= 0.3 is 0 Å². The van der Waals surface area contributed by atoms with Gasteiger partial charge in [0, 0.05) is 25.6 Å². The van der Waals surface area contributed by atoms with Gasteiger partial charge in [0.1, 0.15) is 5.82 Å². The highest BCUT2D eigenvalue weighted by Gasteiger charge is 2.22. The Morgan fingerprint density at radius 3 is 2.63 bits per heavy atom. The zero-order valence-corrected chi connectivity index (χ0v) is 12.4. The topological polar surface area (TPSA) is 55.0 Å². The number of nitrogens with two attached hydrogens (primary N) is 1. The molecule has 106 valence electrons. The molecule has 1 aromatic heterocycles. The maximum absolute atomic E-state index is 5.87. The van der Waals surface area contributed by atoms with Crippen molar-refractivity contribution < 1.29 is 0 Å². The second-order valence-electron chi connectivity index (χ2n) is 5.75. The molecule has 1 aliphatic carbocycles. The van der Waals surface area contributed by atoms with Crippen molar-refractivity contribution in [3.05, 3.63) is 17.7 Å². The van der Waals surface area contributed by atoms with Gasteiger partial charge in [0.15, 0.2) is 0 Å². The molecule has 1 heterocycles. The lowest BCUT2D eigenvalue weighted by molar-refractivity contribution is 0.318. The maximum Gasteiger partial charge on any atom is 0.131 e. The molecule has 0 atom stereocenters. The van der Waals surface area contributed by atoms with E-state index < -0.39 is 0 Å². The minimum absolute atomic E-state index is 0.348. The molecule has 1 fully saturated rings. The molecule has 1 aromatic rings. The van der Waals surface area contributed by atoms with Gasteiger partial charge in [-0.1, -0.05) is 20.3 Å². The number of aromatic nitrogens is 2. The van der Waals surface area contributed by atoms with E-state index in [1.165, 1.54) is 19.3 Å². The molecule has 2 N–H and O–H groups in total. The molecule has 0 radical (unpaired) electrons. The molecule has 0 spiro atoms. The quantitative estimate of drug-likeness (QED) is 0.856. The predicted molar refractivity (Wildman–Crippen MR) is 79.2 cm³/mol. The lowest BCUT2D eigenvalue weighted by Gasteiger charge is -2.33. The van der Waals surface area contributed by atoms with Gasteiger partial charge in [-0.15, -0.1) is 0 Å². The highest BCUT2D eigenvalue weighted by atomic mass is 15.2. The first-order valence-corrected chi connectivity index (χ1v) is 7.46. The van der Waals surface area contributed by atoms with Crippen LogP contribution in [0, 0.1) is 5.92 Å². The molecule has 1 saturated carbocycles. The van der Waals surface area contributed by atoms with E-state index >= 15 is 0 Å². The Morgan fingerprint density at radius 2 is 2.16 bits per heavy atom. The highest BCUT2D eigenvalue weighted by Crippen LogP contribution is 2.29. The molecule has 0 saturated heterocycles. The van der Waals surface area contributed by atoms with Crippen LogP contribution in [0.5, 0.6) is 0 Å². The van der Waals surface area contributed by atoms with Gasteiger partial charge in [0.2, 0.25) is 0 Å². The molecule has 0 aliphatic heterocycles. The van der Waals surface area contributed by atoms with Crippen molar-refractivity contribution in [2.75, 3.05) is 18.0 Å². The second-order valence-corrected chi connectivity index (χ2v) is 5.75.